The van der Waals surface area contributed by atoms with Crippen LogP contribution in [0, 0.1) is 0 Å². The number of nitrogens with zero attached hydrogens (tertiary/aromatic N) is 1. The fourth-order valence-electron chi connectivity index (χ4n) is 1.35. The fraction of sp³-hybridized carbons (Fsp3) is 0.700. The first-order chi connectivity index (χ1) is 7.31. The third kappa shape index (κ3) is 4.85. The molecule has 94 valence electrons. The van der Waals surface area contributed by atoms with Gasteiger partial charge in [-0.2, -0.15) is 0 Å². The molecule has 0 radical (unpaired) electrons. The molecule has 0 aliphatic carbocycles. The first kappa shape index (κ1) is 15.9. The van der Waals surface area contributed by atoms with Crippen molar-refractivity contribution in [1.82, 2.24) is 4.90 Å². The number of rotatable bonds is 4. The van der Waals surface area contributed by atoms with Crippen molar-refractivity contribution in [3.8, 4) is 0 Å². The van der Waals surface area contributed by atoms with E-state index in [9.17, 15) is 9.00 Å². The first-order valence-corrected chi connectivity index (χ1v) is 7.10. The summed E-state index contributed by atoms with van der Waals surface area (Å²) in [6.45, 7) is 7.53. The first-order valence-electron chi connectivity index (χ1n) is 4.96. The third-order valence-electron chi connectivity index (χ3n) is 1.91. The third-order valence-corrected chi connectivity index (χ3v) is 3.86. The van der Waals surface area contributed by atoms with E-state index in [-0.39, 0.29) is 22.9 Å². The molecule has 0 aliphatic rings. The Morgan fingerprint density at radius 1 is 1.31 bits per heavy atom. The molecule has 0 aromatic carbocycles. The van der Waals surface area contributed by atoms with Gasteiger partial charge in [0.2, 0.25) is 0 Å². The number of carbonyl (C=O) groups is 1. The maximum absolute atomic E-state index is 11.9. The number of amides is 1. The zero-order chi connectivity index (χ0) is 12.9. The molecule has 0 saturated carbocycles. The molecular weight excluding hydrogens is 269 g/mol. The van der Waals surface area contributed by atoms with Crippen molar-refractivity contribution in [2.75, 3.05) is 5.75 Å². The molecule has 16 heavy (non-hydrogen) atoms. The molecule has 0 spiro atoms. The highest BCUT2D eigenvalue weighted by atomic mass is 35.5. The molecule has 3 nitrogen and oxygen atoms in total. The van der Waals surface area contributed by atoms with Crippen molar-refractivity contribution >= 4 is 39.2 Å². The van der Waals surface area contributed by atoms with E-state index in [4.69, 9.17) is 23.2 Å². The molecule has 0 saturated heterocycles. The summed E-state index contributed by atoms with van der Waals surface area (Å²) in [6, 6.07) is 0.0189. The van der Waals surface area contributed by atoms with Crippen LogP contribution in [-0.2, 0) is 10.8 Å². The van der Waals surface area contributed by atoms with Crippen LogP contribution in [0.2, 0.25) is 0 Å². The maximum atomic E-state index is 11.9. The Hall–Kier alpha value is -0.0600. The van der Waals surface area contributed by atoms with Crippen LogP contribution in [0.5, 0.6) is 0 Å². The Kier molecular flexibility index (Phi) is 7.27. The van der Waals surface area contributed by atoms with E-state index in [1.165, 1.54) is 0 Å². The molecule has 6 heteroatoms. The van der Waals surface area contributed by atoms with E-state index in [1.807, 2.05) is 27.7 Å². The summed E-state index contributed by atoms with van der Waals surface area (Å²) in [5, 5.41) is -0.178. The topological polar surface area (TPSA) is 37.4 Å². The number of hydrogen-bond acceptors (Lipinski definition) is 2. The molecular formula is C10H17Cl2NO2S. The van der Waals surface area contributed by atoms with Gasteiger partial charge in [0.05, 0.1) is 5.75 Å². The van der Waals surface area contributed by atoms with E-state index in [1.54, 1.807) is 4.90 Å². The molecule has 0 N–H and O–H groups in total. The van der Waals surface area contributed by atoms with Gasteiger partial charge in [-0.3, -0.25) is 4.79 Å². The van der Waals surface area contributed by atoms with Crippen LogP contribution < -0.4 is 0 Å². The Labute approximate surface area is 109 Å². The van der Waals surface area contributed by atoms with E-state index < -0.39 is 16.0 Å². The maximum Gasteiger partial charge on any atom is 0.312 e. The smallest absolute Gasteiger partial charge is 0.312 e. The SMILES string of the molecule is CC(C)N(C(=O)S(=O)C/C(Cl)=C/Cl)C(C)C. The monoisotopic (exact) mass is 285 g/mol. The standard InChI is InChI=1S/C10H17Cl2NO2S/c1-7(2)13(8(3)4)10(14)16(15)6-9(12)5-11/h5,7-8H,6H2,1-4H3/b9-5-. The highest BCUT2D eigenvalue weighted by Gasteiger charge is 2.25. The highest BCUT2D eigenvalue weighted by molar-refractivity contribution is 8.00. The zero-order valence-corrected chi connectivity index (χ0v) is 12.2. The summed E-state index contributed by atoms with van der Waals surface area (Å²) in [7, 11) is -1.66. The van der Waals surface area contributed by atoms with Crippen LogP contribution in [0.15, 0.2) is 10.6 Å². The Morgan fingerprint density at radius 2 is 1.75 bits per heavy atom. The number of hydrogen-bond donors (Lipinski definition) is 0. The largest absolute Gasteiger partial charge is 0.327 e. The van der Waals surface area contributed by atoms with Crippen molar-refractivity contribution < 1.29 is 9.00 Å². The van der Waals surface area contributed by atoms with Crippen molar-refractivity contribution in [1.29, 1.82) is 0 Å². The van der Waals surface area contributed by atoms with Crippen LogP contribution >= 0.6 is 23.2 Å². The van der Waals surface area contributed by atoms with Crippen LogP contribution in [-0.4, -0.2) is 32.2 Å². The minimum absolute atomic E-state index is 0.00945. The molecule has 0 heterocycles. The summed E-state index contributed by atoms with van der Waals surface area (Å²) >= 11 is 11.0. The average Bonchev–Trinajstić information content (AvgIpc) is 2.16. The zero-order valence-electron chi connectivity index (χ0n) is 9.87. The highest BCUT2D eigenvalue weighted by Crippen LogP contribution is 2.12. The van der Waals surface area contributed by atoms with Crippen LogP contribution in [0.4, 0.5) is 4.79 Å². The van der Waals surface area contributed by atoms with E-state index in [0.29, 0.717) is 0 Å². The van der Waals surface area contributed by atoms with E-state index in [0.717, 1.165) is 5.54 Å². The predicted octanol–water partition coefficient (Wildman–Crippen LogP) is 3.29. The van der Waals surface area contributed by atoms with Gasteiger partial charge in [-0.05, 0) is 27.7 Å². The van der Waals surface area contributed by atoms with Gasteiger partial charge >= 0.3 is 5.24 Å². The molecule has 0 aromatic heterocycles. The van der Waals surface area contributed by atoms with E-state index >= 15 is 0 Å². The molecule has 0 bridgehead atoms. The summed E-state index contributed by atoms with van der Waals surface area (Å²) in [4.78, 5) is 13.5. The van der Waals surface area contributed by atoms with Crippen molar-refractivity contribution in [2.45, 2.75) is 39.8 Å². The Balaban J connectivity index is 4.70. The van der Waals surface area contributed by atoms with Crippen LogP contribution in [0.1, 0.15) is 27.7 Å². The van der Waals surface area contributed by atoms with Crippen LogP contribution in [0.25, 0.3) is 0 Å². The number of carbonyl (C=O) groups excluding carboxylic acids is 1. The second-order valence-corrected chi connectivity index (χ2v) is 5.94. The lowest BCUT2D eigenvalue weighted by molar-refractivity contribution is 0.188. The van der Waals surface area contributed by atoms with Crippen molar-refractivity contribution in [2.24, 2.45) is 0 Å². The van der Waals surface area contributed by atoms with Gasteiger partial charge in [0, 0.05) is 22.7 Å². The molecule has 0 rings (SSSR count). The summed E-state index contributed by atoms with van der Waals surface area (Å²) in [5.74, 6) is -0.0279. The normalized spacial score (nSPS) is 14.4. The average molecular weight is 286 g/mol. The molecule has 1 amide bonds. The van der Waals surface area contributed by atoms with Gasteiger partial charge in [-0.15, -0.1) is 0 Å². The fourth-order valence-corrected chi connectivity index (χ4v) is 2.93. The van der Waals surface area contributed by atoms with Crippen LogP contribution in [0.3, 0.4) is 0 Å². The molecule has 1 atom stereocenters. The van der Waals surface area contributed by atoms with Gasteiger partial charge < -0.3 is 4.90 Å². The Bertz CT molecular complexity index is 295. The minimum atomic E-state index is -1.66. The molecule has 0 aromatic rings. The Morgan fingerprint density at radius 3 is 2.06 bits per heavy atom. The van der Waals surface area contributed by atoms with E-state index in [2.05, 4.69) is 0 Å². The quantitative estimate of drug-likeness (QED) is 0.795. The molecule has 0 fully saturated rings. The summed E-state index contributed by atoms with van der Waals surface area (Å²) in [6.07, 6.45) is 0. The lowest BCUT2D eigenvalue weighted by atomic mass is 10.2. The van der Waals surface area contributed by atoms with Gasteiger partial charge in [0.25, 0.3) is 0 Å². The van der Waals surface area contributed by atoms with Gasteiger partial charge in [-0.25, -0.2) is 4.21 Å². The second kappa shape index (κ2) is 7.30. The molecule has 1 unspecified atom stereocenters. The summed E-state index contributed by atoms with van der Waals surface area (Å²) < 4.78 is 11.7. The summed E-state index contributed by atoms with van der Waals surface area (Å²) in [5.41, 5.74) is 1.13. The van der Waals surface area contributed by atoms with Gasteiger partial charge in [-0.1, -0.05) is 23.2 Å². The lowest BCUT2D eigenvalue weighted by Crippen LogP contribution is -2.43. The number of halogens is 2. The predicted molar refractivity (Wildman–Crippen MR) is 70.3 cm³/mol. The minimum Gasteiger partial charge on any atom is -0.327 e. The van der Waals surface area contributed by atoms with Crippen molar-refractivity contribution in [3.05, 3.63) is 10.6 Å². The van der Waals surface area contributed by atoms with Gasteiger partial charge in [0.15, 0.2) is 0 Å². The molecule has 0 aliphatic heterocycles. The van der Waals surface area contributed by atoms with Crippen molar-refractivity contribution in [3.63, 3.8) is 0 Å². The second-order valence-electron chi connectivity index (χ2n) is 3.91. The van der Waals surface area contributed by atoms with Gasteiger partial charge in [0.1, 0.15) is 10.8 Å². The lowest BCUT2D eigenvalue weighted by Gasteiger charge is -2.29.